The van der Waals surface area contributed by atoms with Gasteiger partial charge >= 0.3 is 12.2 Å². The van der Waals surface area contributed by atoms with E-state index in [1.165, 1.54) is 0 Å². The second kappa shape index (κ2) is 5.69. The van der Waals surface area contributed by atoms with Gasteiger partial charge in [-0.25, -0.2) is 4.79 Å². The van der Waals surface area contributed by atoms with E-state index in [0.717, 1.165) is 0 Å². The van der Waals surface area contributed by atoms with Crippen molar-refractivity contribution in [3.05, 3.63) is 0 Å². The summed E-state index contributed by atoms with van der Waals surface area (Å²) in [4.78, 5) is 10.8. The lowest BCUT2D eigenvalue weighted by Gasteiger charge is -2.14. The Balaban J connectivity index is 3.65. The highest BCUT2D eigenvalue weighted by atomic mass is 19.4. The molecule has 7 heteroatoms. The molecule has 14 heavy (non-hydrogen) atoms. The van der Waals surface area contributed by atoms with Gasteiger partial charge in [0.15, 0.2) is 0 Å². The molecule has 0 aromatic carbocycles. The third-order valence-electron chi connectivity index (χ3n) is 1.39. The molecule has 0 aliphatic rings. The Hall–Kier alpha value is -0.980. The number of hydrogen-bond donors (Lipinski definition) is 3. The van der Waals surface area contributed by atoms with Gasteiger partial charge in [0, 0.05) is 12.6 Å². The van der Waals surface area contributed by atoms with E-state index in [1.807, 2.05) is 0 Å². The van der Waals surface area contributed by atoms with Crippen molar-refractivity contribution in [3.63, 3.8) is 0 Å². The number of carbonyl (C=O) groups is 1. The van der Waals surface area contributed by atoms with E-state index in [1.54, 1.807) is 12.2 Å². The first-order valence-electron chi connectivity index (χ1n) is 4.07. The van der Waals surface area contributed by atoms with Gasteiger partial charge in [0.1, 0.15) is 6.54 Å². The molecule has 2 amide bonds. The van der Waals surface area contributed by atoms with Crippen molar-refractivity contribution in [2.45, 2.75) is 25.6 Å². The molecular weight excluding hydrogens is 201 g/mol. The Labute approximate surface area is 79.5 Å². The topological polar surface area (TPSA) is 61.4 Å². The van der Waals surface area contributed by atoms with Gasteiger partial charge < -0.3 is 15.7 Å². The molecular formula is C7H13F3N2O2. The number of aliphatic hydroxyl groups excluding tert-OH is 1. The molecule has 0 aromatic heterocycles. The fourth-order valence-corrected chi connectivity index (χ4v) is 0.721. The van der Waals surface area contributed by atoms with Crippen LogP contribution in [-0.2, 0) is 0 Å². The summed E-state index contributed by atoms with van der Waals surface area (Å²) in [5.41, 5.74) is 0. The SMILES string of the molecule is CC(CCO)NC(=O)NCC(F)(F)F. The van der Waals surface area contributed by atoms with E-state index in [-0.39, 0.29) is 12.6 Å². The summed E-state index contributed by atoms with van der Waals surface area (Å²) in [5, 5.41) is 12.4. The Morgan fingerprint density at radius 2 is 2.07 bits per heavy atom. The molecule has 0 spiro atoms. The molecule has 0 rings (SSSR count). The number of halogens is 3. The molecule has 1 unspecified atom stereocenters. The fourth-order valence-electron chi connectivity index (χ4n) is 0.721. The number of amides is 2. The van der Waals surface area contributed by atoms with Gasteiger partial charge in [-0.2, -0.15) is 13.2 Å². The molecule has 0 heterocycles. The zero-order chi connectivity index (χ0) is 11.2. The van der Waals surface area contributed by atoms with Crippen LogP contribution >= 0.6 is 0 Å². The summed E-state index contributed by atoms with van der Waals surface area (Å²) in [7, 11) is 0. The Morgan fingerprint density at radius 1 is 1.50 bits per heavy atom. The number of urea groups is 1. The van der Waals surface area contributed by atoms with Crippen LogP contribution in [0, 0.1) is 0 Å². The normalized spacial score (nSPS) is 13.5. The van der Waals surface area contributed by atoms with Crippen molar-refractivity contribution in [1.82, 2.24) is 10.6 Å². The summed E-state index contributed by atoms with van der Waals surface area (Å²) in [6.07, 6.45) is -4.10. The van der Waals surface area contributed by atoms with Gasteiger partial charge in [-0.05, 0) is 13.3 Å². The fraction of sp³-hybridized carbons (Fsp3) is 0.857. The quantitative estimate of drug-likeness (QED) is 0.642. The van der Waals surface area contributed by atoms with Crippen LogP contribution in [0.5, 0.6) is 0 Å². The average molecular weight is 214 g/mol. The molecule has 0 saturated carbocycles. The molecule has 0 aliphatic carbocycles. The Kier molecular flexibility index (Phi) is 5.29. The number of aliphatic hydroxyl groups is 1. The largest absolute Gasteiger partial charge is 0.405 e. The van der Waals surface area contributed by atoms with Crippen LogP contribution in [-0.4, -0.2) is 36.5 Å². The lowest BCUT2D eigenvalue weighted by atomic mass is 10.2. The molecule has 1 atom stereocenters. The summed E-state index contributed by atoms with van der Waals surface area (Å²) in [6.45, 7) is 0.106. The molecule has 4 nitrogen and oxygen atoms in total. The first kappa shape index (κ1) is 13.0. The maximum absolute atomic E-state index is 11.6. The molecule has 0 aliphatic heterocycles. The highest BCUT2D eigenvalue weighted by Gasteiger charge is 2.27. The van der Waals surface area contributed by atoms with Gasteiger partial charge in [0.25, 0.3) is 0 Å². The van der Waals surface area contributed by atoms with Crippen molar-refractivity contribution < 1.29 is 23.1 Å². The van der Waals surface area contributed by atoms with E-state index in [9.17, 15) is 18.0 Å². The van der Waals surface area contributed by atoms with Gasteiger partial charge in [0.2, 0.25) is 0 Å². The van der Waals surface area contributed by atoms with E-state index in [2.05, 4.69) is 5.32 Å². The maximum Gasteiger partial charge on any atom is 0.405 e. The predicted octanol–water partition coefficient (Wildman–Crippen LogP) is 0.619. The van der Waals surface area contributed by atoms with Crippen LogP contribution < -0.4 is 10.6 Å². The summed E-state index contributed by atoms with van der Waals surface area (Å²) < 4.78 is 34.9. The second-order valence-electron chi connectivity index (χ2n) is 2.86. The predicted molar refractivity (Wildman–Crippen MR) is 43.8 cm³/mol. The van der Waals surface area contributed by atoms with Gasteiger partial charge in [-0.1, -0.05) is 0 Å². The van der Waals surface area contributed by atoms with Gasteiger partial charge in [0.05, 0.1) is 0 Å². The standard InChI is InChI=1S/C7H13F3N2O2/c1-5(2-3-13)12-6(14)11-4-7(8,9)10/h5,13H,2-4H2,1H3,(H2,11,12,14). The lowest BCUT2D eigenvalue weighted by molar-refractivity contribution is -0.122. The van der Waals surface area contributed by atoms with Gasteiger partial charge in [-0.15, -0.1) is 0 Å². The van der Waals surface area contributed by atoms with Crippen molar-refractivity contribution in [3.8, 4) is 0 Å². The summed E-state index contributed by atoms with van der Waals surface area (Å²) >= 11 is 0. The third-order valence-corrected chi connectivity index (χ3v) is 1.39. The van der Waals surface area contributed by atoms with Crippen molar-refractivity contribution in [2.75, 3.05) is 13.2 Å². The molecule has 0 radical (unpaired) electrons. The molecule has 0 bridgehead atoms. The second-order valence-corrected chi connectivity index (χ2v) is 2.86. The highest BCUT2D eigenvalue weighted by molar-refractivity contribution is 5.74. The Morgan fingerprint density at radius 3 is 2.50 bits per heavy atom. The van der Waals surface area contributed by atoms with Crippen LogP contribution in [0.2, 0.25) is 0 Å². The van der Waals surface area contributed by atoms with E-state index < -0.39 is 18.8 Å². The smallest absolute Gasteiger partial charge is 0.396 e. The molecule has 3 N–H and O–H groups in total. The third kappa shape index (κ3) is 7.66. The molecule has 84 valence electrons. The minimum absolute atomic E-state index is 0.124. The van der Waals surface area contributed by atoms with Crippen LogP contribution in [0.25, 0.3) is 0 Å². The number of hydrogen-bond acceptors (Lipinski definition) is 2. The van der Waals surface area contributed by atoms with Crippen LogP contribution in [0.4, 0.5) is 18.0 Å². The van der Waals surface area contributed by atoms with Crippen LogP contribution in [0.3, 0.4) is 0 Å². The van der Waals surface area contributed by atoms with E-state index >= 15 is 0 Å². The molecule has 0 fully saturated rings. The number of carbonyl (C=O) groups excluding carboxylic acids is 1. The Bertz CT molecular complexity index is 184. The van der Waals surface area contributed by atoms with Crippen molar-refractivity contribution in [2.24, 2.45) is 0 Å². The number of alkyl halides is 3. The molecule has 0 aromatic rings. The zero-order valence-corrected chi connectivity index (χ0v) is 7.69. The number of nitrogens with one attached hydrogen (secondary N) is 2. The summed E-state index contributed by atoms with van der Waals surface area (Å²) in [5.74, 6) is 0. The van der Waals surface area contributed by atoms with E-state index in [4.69, 9.17) is 5.11 Å². The van der Waals surface area contributed by atoms with Gasteiger partial charge in [-0.3, -0.25) is 0 Å². The van der Waals surface area contributed by atoms with Crippen LogP contribution in [0.1, 0.15) is 13.3 Å². The van der Waals surface area contributed by atoms with Crippen LogP contribution in [0.15, 0.2) is 0 Å². The zero-order valence-electron chi connectivity index (χ0n) is 7.69. The number of rotatable bonds is 4. The van der Waals surface area contributed by atoms with Crippen molar-refractivity contribution in [1.29, 1.82) is 0 Å². The monoisotopic (exact) mass is 214 g/mol. The maximum atomic E-state index is 11.6. The highest BCUT2D eigenvalue weighted by Crippen LogP contribution is 2.11. The lowest BCUT2D eigenvalue weighted by Crippen LogP contribution is -2.44. The first-order valence-corrected chi connectivity index (χ1v) is 4.07. The molecule has 0 saturated heterocycles. The average Bonchev–Trinajstić information content (AvgIpc) is 2.00. The minimum Gasteiger partial charge on any atom is -0.396 e. The first-order chi connectivity index (χ1) is 6.35. The van der Waals surface area contributed by atoms with Crippen molar-refractivity contribution >= 4 is 6.03 Å². The van der Waals surface area contributed by atoms with E-state index in [0.29, 0.717) is 6.42 Å². The summed E-state index contributed by atoms with van der Waals surface area (Å²) in [6, 6.07) is -1.24. The minimum atomic E-state index is -4.41.